The molecule has 0 bridgehead atoms. The summed E-state index contributed by atoms with van der Waals surface area (Å²) in [6.07, 6.45) is 4.65. The SMILES string of the molecule is C[C@@H](Sc1nnc(C2CC2)n1C1CC1)C(=O)Nc1ccc(F)cc1Cl. The van der Waals surface area contributed by atoms with Crippen molar-refractivity contribution in [1.82, 2.24) is 14.8 Å². The van der Waals surface area contributed by atoms with Crippen molar-refractivity contribution in [2.45, 2.75) is 55.0 Å². The van der Waals surface area contributed by atoms with Gasteiger partial charge in [0.1, 0.15) is 11.6 Å². The topological polar surface area (TPSA) is 59.8 Å². The van der Waals surface area contributed by atoms with E-state index in [0.717, 1.165) is 23.8 Å². The van der Waals surface area contributed by atoms with Crippen LogP contribution in [-0.2, 0) is 4.79 Å². The van der Waals surface area contributed by atoms with E-state index in [0.29, 0.717) is 17.6 Å². The molecule has 2 aliphatic rings. The quantitative estimate of drug-likeness (QED) is 0.754. The van der Waals surface area contributed by atoms with E-state index in [9.17, 15) is 9.18 Å². The number of hydrogen-bond acceptors (Lipinski definition) is 4. The van der Waals surface area contributed by atoms with E-state index in [4.69, 9.17) is 11.6 Å². The zero-order chi connectivity index (χ0) is 17.6. The molecule has 2 fully saturated rings. The number of thioether (sulfide) groups is 1. The van der Waals surface area contributed by atoms with Crippen LogP contribution in [0.1, 0.15) is 50.4 Å². The first-order valence-electron chi connectivity index (χ1n) is 8.40. The highest BCUT2D eigenvalue weighted by molar-refractivity contribution is 8.00. The number of amides is 1. The van der Waals surface area contributed by atoms with Gasteiger partial charge in [-0.15, -0.1) is 10.2 Å². The van der Waals surface area contributed by atoms with Crippen molar-refractivity contribution >= 4 is 35.0 Å². The second kappa shape index (κ2) is 6.61. The summed E-state index contributed by atoms with van der Waals surface area (Å²) in [6.45, 7) is 1.82. The van der Waals surface area contributed by atoms with E-state index in [2.05, 4.69) is 20.1 Å². The Morgan fingerprint density at radius 1 is 1.36 bits per heavy atom. The number of carbonyl (C=O) groups is 1. The van der Waals surface area contributed by atoms with Gasteiger partial charge in [0, 0.05) is 12.0 Å². The molecule has 2 saturated carbocycles. The van der Waals surface area contributed by atoms with Gasteiger partial charge in [0.25, 0.3) is 0 Å². The average molecular weight is 381 g/mol. The highest BCUT2D eigenvalue weighted by Crippen LogP contribution is 2.46. The van der Waals surface area contributed by atoms with Crippen molar-refractivity contribution in [3.8, 4) is 0 Å². The molecule has 8 heteroatoms. The Morgan fingerprint density at radius 2 is 2.12 bits per heavy atom. The van der Waals surface area contributed by atoms with Crippen LogP contribution in [0.4, 0.5) is 10.1 Å². The molecule has 1 amide bonds. The molecule has 25 heavy (non-hydrogen) atoms. The molecule has 5 nitrogen and oxygen atoms in total. The molecular formula is C17H18ClFN4OS. The normalized spacial score (nSPS) is 18.2. The van der Waals surface area contributed by atoms with Gasteiger partial charge in [-0.3, -0.25) is 4.79 Å². The molecular weight excluding hydrogens is 363 g/mol. The number of anilines is 1. The minimum absolute atomic E-state index is 0.183. The Bertz CT molecular complexity index is 819. The number of nitrogens with zero attached hydrogens (tertiary/aromatic N) is 3. The second-order valence-corrected chi connectivity index (χ2v) is 8.30. The van der Waals surface area contributed by atoms with E-state index in [1.54, 1.807) is 0 Å². The molecule has 0 radical (unpaired) electrons. The Morgan fingerprint density at radius 3 is 2.76 bits per heavy atom. The maximum absolute atomic E-state index is 13.1. The van der Waals surface area contributed by atoms with Crippen LogP contribution in [0.3, 0.4) is 0 Å². The van der Waals surface area contributed by atoms with Gasteiger partial charge in [-0.05, 0) is 50.8 Å². The first-order valence-corrected chi connectivity index (χ1v) is 9.66. The third-order valence-corrected chi connectivity index (χ3v) is 5.76. The predicted octanol–water partition coefficient (Wildman–Crippen LogP) is 4.40. The standard InChI is InChI=1S/C17H18ClFN4OS/c1-9(16(24)20-14-7-4-11(19)8-13(14)18)25-17-22-21-15(10-2-3-10)23(17)12-5-6-12/h4,7-10,12H,2-3,5-6H2,1H3,(H,20,24)/t9-/m1/s1. The molecule has 0 spiro atoms. The summed E-state index contributed by atoms with van der Waals surface area (Å²) in [6, 6.07) is 4.39. The molecule has 1 heterocycles. The van der Waals surface area contributed by atoms with Gasteiger partial charge >= 0.3 is 0 Å². The minimum Gasteiger partial charge on any atom is -0.324 e. The Labute approximate surface area is 154 Å². The van der Waals surface area contributed by atoms with E-state index in [1.807, 2.05) is 6.92 Å². The summed E-state index contributed by atoms with van der Waals surface area (Å²) in [5.41, 5.74) is 0.405. The maximum atomic E-state index is 13.1. The van der Waals surface area contributed by atoms with Gasteiger partial charge in [-0.1, -0.05) is 23.4 Å². The number of carbonyl (C=O) groups excluding carboxylic acids is 1. The van der Waals surface area contributed by atoms with Crippen LogP contribution < -0.4 is 5.32 Å². The minimum atomic E-state index is -0.435. The molecule has 2 aliphatic carbocycles. The van der Waals surface area contributed by atoms with Crippen LogP contribution >= 0.6 is 23.4 Å². The Kier molecular flexibility index (Phi) is 4.45. The summed E-state index contributed by atoms with van der Waals surface area (Å²) < 4.78 is 15.3. The summed E-state index contributed by atoms with van der Waals surface area (Å²) in [4.78, 5) is 12.5. The van der Waals surface area contributed by atoms with Crippen molar-refractivity contribution in [2.24, 2.45) is 0 Å². The van der Waals surface area contributed by atoms with E-state index < -0.39 is 5.82 Å². The first-order chi connectivity index (χ1) is 12.0. The van der Waals surface area contributed by atoms with E-state index >= 15 is 0 Å². The van der Waals surface area contributed by atoms with Crippen molar-refractivity contribution in [3.05, 3.63) is 34.9 Å². The highest BCUT2D eigenvalue weighted by Gasteiger charge is 2.37. The molecule has 2 aromatic rings. The van der Waals surface area contributed by atoms with Crippen molar-refractivity contribution in [3.63, 3.8) is 0 Å². The smallest absolute Gasteiger partial charge is 0.237 e. The largest absolute Gasteiger partial charge is 0.324 e. The fourth-order valence-electron chi connectivity index (χ4n) is 2.70. The highest BCUT2D eigenvalue weighted by atomic mass is 35.5. The lowest BCUT2D eigenvalue weighted by Crippen LogP contribution is -2.23. The van der Waals surface area contributed by atoms with E-state index in [1.165, 1.54) is 42.8 Å². The monoisotopic (exact) mass is 380 g/mol. The van der Waals surface area contributed by atoms with Crippen LogP contribution in [0.15, 0.2) is 23.4 Å². The third kappa shape index (κ3) is 3.67. The molecule has 0 saturated heterocycles. The van der Waals surface area contributed by atoms with Crippen molar-refractivity contribution in [2.75, 3.05) is 5.32 Å². The first kappa shape index (κ1) is 16.8. The van der Waals surface area contributed by atoms with Crippen LogP contribution in [0, 0.1) is 5.82 Å². The van der Waals surface area contributed by atoms with E-state index in [-0.39, 0.29) is 16.2 Å². The fourth-order valence-corrected chi connectivity index (χ4v) is 3.84. The van der Waals surface area contributed by atoms with Gasteiger partial charge in [0.15, 0.2) is 5.16 Å². The summed E-state index contributed by atoms with van der Waals surface area (Å²) in [5.74, 6) is 0.969. The van der Waals surface area contributed by atoms with Crippen molar-refractivity contribution in [1.29, 1.82) is 0 Å². The maximum Gasteiger partial charge on any atom is 0.237 e. The number of nitrogens with one attached hydrogen (secondary N) is 1. The molecule has 1 N–H and O–H groups in total. The number of halogens is 2. The van der Waals surface area contributed by atoms with Crippen LogP contribution in [-0.4, -0.2) is 25.9 Å². The van der Waals surface area contributed by atoms with Crippen LogP contribution in [0.5, 0.6) is 0 Å². The summed E-state index contributed by atoms with van der Waals surface area (Å²) in [5, 5.41) is 12.0. The molecule has 1 atom stereocenters. The van der Waals surface area contributed by atoms with Crippen LogP contribution in [0.25, 0.3) is 0 Å². The van der Waals surface area contributed by atoms with Gasteiger partial charge in [-0.2, -0.15) is 0 Å². The average Bonchev–Trinajstić information content (AvgIpc) is 3.49. The van der Waals surface area contributed by atoms with Gasteiger partial charge in [0.2, 0.25) is 5.91 Å². The number of aromatic nitrogens is 3. The number of rotatable bonds is 6. The zero-order valence-corrected chi connectivity index (χ0v) is 15.3. The lowest BCUT2D eigenvalue weighted by molar-refractivity contribution is -0.115. The number of benzene rings is 1. The van der Waals surface area contributed by atoms with Crippen molar-refractivity contribution < 1.29 is 9.18 Å². The molecule has 132 valence electrons. The molecule has 0 aliphatic heterocycles. The van der Waals surface area contributed by atoms with Gasteiger partial charge in [0.05, 0.1) is 16.0 Å². The third-order valence-electron chi connectivity index (χ3n) is 4.39. The molecule has 4 rings (SSSR count). The van der Waals surface area contributed by atoms with Gasteiger partial charge in [-0.25, -0.2) is 4.39 Å². The Balaban J connectivity index is 1.46. The number of hydrogen-bond donors (Lipinski definition) is 1. The summed E-state index contributed by atoms with van der Waals surface area (Å²) >= 11 is 7.37. The van der Waals surface area contributed by atoms with Gasteiger partial charge < -0.3 is 9.88 Å². The molecule has 0 unspecified atom stereocenters. The molecule has 1 aromatic heterocycles. The predicted molar refractivity (Wildman–Crippen MR) is 95.6 cm³/mol. The second-order valence-electron chi connectivity index (χ2n) is 6.59. The van der Waals surface area contributed by atoms with Crippen LogP contribution in [0.2, 0.25) is 5.02 Å². The Hall–Kier alpha value is -1.60. The summed E-state index contributed by atoms with van der Waals surface area (Å²) in [7, 11) is 0. The fraction of sp³-hybridized carbons (Fsp3) is 0.471. The lowest BCUT2D eigenvalue weighted by atomic mass is 10.3. The zero-order valence-electron chi connectivity index (χ0n) is 13.7. The lowest BCUT2D eigenvalue weighted by Gasteiger charge is -2.14. The molecule has 1 aromatic carbocycles.